The van der Waals surface area contributed by atoms with Crippen molar-refractivity contribution in [2.75, 3.05) is 9.80 Å². The van der Waals surface area contributed by atoms with Crippen LogP contribution in [0.25, 0.3) is 21.9 Å². The van der Waals surface area contributed by atoms with E-state index >= 15 is 0 Å². The van der Waals surface area contributed by atoms with Crippen LogP contribution in [0.3, 0.4) is 0 Å². The molecule has 8 aromatic rings. The van der Waals surface area contributed by atoms with Crippen LogP contribution in [0.5, 0.6) is 0 Å². The van der Waals surface area contributed by atoms with Gasteiger partial charge in [0.2, 0.25) is 0 Å². The second-order valence-corrected chi connectivity index (χ2v) is 14.1. The van der Waals surface area contributed by atoms with Crippen molar-refractivity contribution < 1.29 is 4.42 Å². The lowest BCUT2D eigenvalue weighted by Crippen LogP contribution is -2.10. The number of hydrogen-bond donors (Lipinski definition) is 0. The highest BCUT2D eigenvalue weighted by Gasteiger charge is 2.18. The van der Waals surface area contributed by atoms with Gasteiger partial charge in [-0.1, -0.05) is 110 Å². The van der Waals surface area contributed by atoms with Crippen LogP contribution >= 0.6 is 0 Å². The van der Waals surface area contributed by atoms with E-state index in [0.717, 1.165) is 51.1 Å². The van der Waals surface area contributed by atoms with E-state index in [-0.39, 0.29) is 0 Å². The molecule has 7 aromatic carbocycles. The molecule has 0 aliphatic heterocycles. The Bertz CT molecular complexity index is 2390. The predicted octanol–water partition coefficient (Wildman–Crippen LogP) is 14.2. The molecular formula is C49H42N2O. The zero-order valence-corrected chi connectivity index (χ0v) is 29.4. The molecule has 1 heterocycles. The van der Waals surface area contributed by atoms with Crippen molar-refractivity contribution in [3.63, 3.8) is 0 Å². The van der Waals surface area contributed by atoms with Gasteiger partial charge < -0.3 is 14.2 Å². The highest BCUT2D eigenvalue weighted by molar-refractivity contribution is 6.06. The van der Waals surface area contributed by atoms with Gasteiger partial charge in [-0.05, 0) is 121 Å². The summed E-state index contributed by atoms with van der Waals surface area (Å²) < 4.78 is 6.27. The normalized spacial score (nSPS) is 13.4. The summed E-state index contributed by atoms with van der Waals surface area (Å²) in [5.41, 5.74) is 12.6. The van der Waals surface area contributed by atoms with Crippen molar-refractivity contribution in [3.05, 3.63) is 193 Å². The highest BCUT2D eigenvalue weighted by atomic mass is 16.3. The van der Waals surface area contributed by atoms with E-state index in [9.17, 15) is 0 Å². The van der Waals surface area contributed by atoms with E-state index in [1.54, 1.807) is 0 Å². The minimum Gasteiger partial charge on any atom is -0.456 e. The van der Waals surface area contributed by atoms with Gasteiger partial charge in [0.25, 0.3) is 0 Å². The first-order chi connectivity index (χ1) is 25.8. The Balaban J connectivity index is 0.967. The Labute approximate surface area is 306 Å². The van der Waals surface area contributed by atoms with Crippen molar-refractivity contribution in [1.29, 1.82) is 0 Å². The smallest absolute Gasteiger partial charge is 0.137 e. The fourth-order valence-electron chi connectivity index (χ4n) is 8.00. The fourth-order valence-corrected chi connectivity index (χ4v) is 8.00. The Morgan fingerprint density at radius 1 is 0.404 bits per heavy atom. The first-order valence-electron chi connectivity index (χ1n) is 18.7. The van der Waals surface area contributed by atoms with E-state index in [2.05, 4.69) is 174 Å². The fraction of sp³-hybridized carbons (Fsp3) is 0.143. The van der Waals surface area contributed by atoms with Crippen LogP contribution in [0.2, 0.25) is 0 Å². The number of nitrogens with zero attached hydrogens (tertiary/aromatic N) is 2. The third kappa shape index (κ3) is 6.47. The van der Waals surface area contributed by atoms with E-state index in [1.165, 1.54) is 60.2 Å². The number of rotatable bonds is 9. The Morgan fingerprint density at radius 3 is 1.46 bits per heavy atom. The van der Waals surface area contributed by atoms with Crippen LogP contribution in [-0.2, 0) is 6.42 Å². The second kappa shape index (κ2) is 14.3. The van der Waals surface area contributed by atoms with Crippen molar-refractivity contribution in [2.24, 2.45) is 0 Å². The first-order valence-corrected chi connectivity index (χ1v) is 18.7. The van der Waals surface area contributed by atoms with Gasteiger partial charge in [0.05, 0.1) is 0 Å². The second-order valence-electron chi connectivity index (χ2n) is 14.1. The third-order valence-corrected chi connectivity index (χ3v) is 10.7. The predicted molar refractivity (Wildman–Crippen MR) is 218 cm³/mol. The molecule has 1 aliphatic rings. The number of fused-ring (bicyclic) bond motifs is 3. The summed E-state index contributed by atoms with van der Waals surface area (Å²) in [5, 5.41) is 2.28. The lowest BCUT2D eigenvalue weighted by molar-refractivity contribution is 0.443. The molecule has 0 amide bonds. The molecule has 1 aliphatic carbocycles. The lowest BCUT2D eigenvalue weighted by atomic mass is 9.84. The van der Waals surface area contributed by atoms with Gasteiger partial charge in [-0.15, -0.1) is 0 Å². The molecule has 3 heteroatoms. The van der Waals surface area contributed by atoms with Gasteiger partial charge in [-0.3, -0.25) is 0 Å². The summed E-state index contributed by atoms with van der Waals surface area (Å²) in [6, 6.07) is 63.4. The maximum atomic E-state index is 6.27. The molecule has 0 unspecified atom stereocenters. The summed E-state index contributed by atoms with van der Waals surface area (Å²) in [5.74, 6) is 0.704. The molecule has 0 bridgehead atoms. The van der Waals surface area contributed by atoms with Gasteiger partial charge in [0.1, 0.15) is 11.2 Å². The van der Waals surface area contributed by atoms with Crippen LogP contribution in [0, 0.1) is 0 Å². The quantitative estimate of drug-likeness (QED) is 0.152. The van der Waals surface area contributed by atoms with Crippen LogP contribution in [0.15, 0.2) is 180 Å². The minimum absolute atomic E-state index is 0.704. The Hall–Kier alpha value is -6.06. The first kappa shape index (κ1) is 31.9. The van der Waals surface area contributed by atoms with Crippen molar-refractivity contribution in [2.45, 2.75) is 44.4 Å². The standard InChI is InChI=1S/C49H42N2O/c1-4-12-38(13-5-1)39-24-30-44(31-25-39)50(40-14-6-2-7-15-40)42-26-20-36(21-27-42)34-37-22-28-43(29-23-37)51(41-16-8-3-9-17-41)45-32-33-47-46-18-10-11-19-48(46)52-49(47)35-45/h2-3,6-11,14-33,35,38H,1,4-5,12-13,34H2. The van der Waals surface area contributed by atoms with Gasteiger partial charge >= 0.3 is 0 Å². The summed E-state index contributed by atoms with van der Waals surface area (Å²) in [4.78, 5) is 4.66. The molecule has 0 spiro atoms. The summed E-state index contributed by atoms with van der Waals surface area (Å²) in [7, 11) is 0. The molecule has 0 saturated heterocycles. The zero-order valence-electron chi connectivity index (χ0n) is 29.4. The highest BCUT2D eigenvalue weighted by Crippen LogP contribution is 2.40. The van der Waals surface area contributed by atoms with Crippen molar-refractivity contribution >= 4 is 56.1 Å². The van der Waals surface area contributed by atoms with E-state index in [1.807, 2.05) is 12.1 Å². The van der Waals surface area contributed by atoms with Gasteiger partial charge in [-0.2, -0.15) is 0 Å². The summed E-state index contributed by atoms with van der Waals surface area (Å²) in [6.07, 6.45) is 7.58. The van der Waals surface area contributed by atoms with Crippen LogP contribution < -0.4 is 9.80 Å². The number of benzene rings is 7. The number of furan rings is 1. The number of hydrogen-bond acceptors (Lipinski definition) is 3. The summed E-state index contributed by atoms with van der Waals surface area (Å²) in [6.45, 7) is 0. The van der Waals surface area contributed by atoms with Gasteiger partial charge in [0, 0.05) is 51.0 Å². The molecule has 254 valence electrons. The topological polar surface area (TPSA) is 19.6 Å². The van der Waals surface area contributed by atoms with Gasteiger partial charge in [0.15, 0.2) is 0 Å². The average molecular weight is 675 g/mol. The SMILES string of the molecule is c1ccc(N(c2ccc(Cc3ccc(N(c4ccccc4)c4ccc5c(c4)oc4ccccc45)cc3)cc2)c2ccc(C3CCCCC3)cc2)cc1. The Kier molecular flexibility index (Phi) is 8.76. The lowest BCUT2D eigenvalue weighted by Gasteiger charge is -2.27. The van der Waals surface area contributed by atoms with E-state index in [4.69, 9.17) is 4.42 Å². The van der Waals surface area contributed by atoms with Crippen LogP contribution in [0.1, 0.15) is 54.7 Å². The maximum absolute atomic E-state index is 6.27. The van der Waals surface area contributed by atoms with Crippen LogP contribution in [0.4, 0.5) is 34.1 Å². The molecule has 1 saturated carbocycles. The molecular weight excluding hydrogens is 633 g/mol. The van der Waals surface area contributed by atoms with Crippen molar-refractivity contribution in [3.8, 4) is 0 Å². The number of para-hydroxylation sites is 3. The molecule has 9 rings (SSSR count). The van der Waals surface area contributed by atoms with Crippen LogP contribution in [-0.4, -0.2) is 0 Å². The Morgan fingerprint density at radius 2 is 0.865 bits per heavy atom. The molecule has 0 N–H and O–H groups in total. The maximum Gasteiger partial charge on any atom is 0.137 e. The van der Waals surface area contributed by atoms with Gasteiger partial charge in [-0.25, -0.2) is 0 Å². The molecule has 0 atom stereocenters. The van der Waals surface area contributed by atoms with E-state index in [0.29, 0.717) is 5.92 Å². The number of anilines is 6. The largest absolute Gasteiger partial charge is 0.456 e. The average Bonchev–Trinajstić information content (AvgIpc) is 3.59. The molecule has 1 aromatic heterocycles. The zero-order chi connectivity index (χ0) is 34.7. The summed E-state index contributed by atoms with van der Waals surface area (Å²) >= 11 is 0. The molecule has 0 radical (unpaired) electrons. The van der Waals surface area contributed by atoms with E-state index < -0.39 is 0 Å². The third-order valence-electron chi connectivity index (χ3n) is 10.7. The molecule has 1 fully saturated rings. The molecule has 52 heavy (non-hydrogen) atoms. The van der Waals surface area contributed by atoms with Crippen molar-refractivity contribution in [1.82, 2.24) is 0 Å². The monoisotopic (exact) mass is 674 g/mol. The minimum atomic E-state index is 0.704. The molecule has 3 nitrogen and oxygen atoms in total.